The van der Waals surface area contributed by atoms with E-state index in [0.717, 1.165) is 38.9 Å². The summed E-state index contributed by atoms with van der Waals surface area (Å²) in [6, 6.07) is 34.1. The summed E-state index contributed by atoms with van der Waals surface area (Å²) in [6.45, 7) is 22.3. The van der Waals surface area contributed by atoms with Crippen molar-refractivity contribution in [1.29, 1.82) is 5.26 Å². The standard InChI is InChI=1S/C34H17N5O/c1-36-25-17-22(21-35)18-27(20-25)39(32-9-6-8-29-28-7-4-5-10-33(28)40-34(29)32)26-14-11-23(12-15-26)24-13-16-30(37-2)31(19-24)38-3/h4-20H. The molecular weight excluding hydrogens is 494 g/mol. The van der Waals surface area contributed by atoms with Crippen LogP contribution in [0.5, 0.6) is 0 Å². The molecule has 0 spiro atoms. The Labute approximate surface area is 230 Å². The van der Waals surface area contributed by atoms with Crippen LogP contribution in [0, 0.1) is 31.0 Å². The second kappa shape index (κ2) is 9.85. The van der Waals surface area contributed by atoms with Crippen LogP contribution in [0.4, 0.5) is 34.1 Å². The van der Waals surface area contributed by atoms with E-state index in [1.54, 1.807) is 30.3 Å². The van der Waals surface area contributed by atoms with E-state index in [2.05, 4.69) is 20.6 Å². The van der Waals surface area contributed by atoms with Crippen LogP contribution in [0.1, 0.15) is 5.56 Å². The van der Waals surface area contributed by atoms with Crippen LogP contribution < -0.4 is 4.90 Å². The van der Waals surface area contributed by atoms with E-state index in [9.17, 15) is 5.26 Å². The largest absolute Gasteiger partial charge is 0.454 e. The van der Waals surface area contributed by atoms with Crippen molar-refractivity contribution in [1.82, 2.24) is 0 Å². The molecule has 1 aromatic heterocycles. The van der Waals surface area contributed by atoms with Crippen LogP contribution in [0.15, 0.2) is 108 Å². The van der Waals surface area contributed by atoms with Gasteiger partial charge in [-0.1, -0.05) is 60.7 Å². The molecule has 0 fully saturated rings. The fraction of sp³-hybridized carbons (Fsp3) is 0. The third-order valence-electron chi connectivity index (χ3n) is 6.72. The van der Waals surface area contributed by atoms with Crippen LogP contribution in [0.3, 0.4) is 0 Å². The lowest BCUT2D eigenvalue weighted by Crippen LogP contribution is -2.10. The van der Waals surface area contributed by atoms with Gasteiger partial charge in [-0.25, -0.2) is 4.85 Å². The van der Waals surface area contributed by atoms with Crippen molar-refractivity contribution in [3.8, 4) is 17.2 Å². The van der Waals surface area contributed by atoms with Crippen LogP contribution in [0.25, 0.3) is 47.6 Å². The third-order valence-corrected chi connectivity index (χ3v) is 6.72. The Balaban J connectivity index is 1.55. The second-order valence-corrected chi connectivity index (χ2v) is 9.02. The molecule has 0 radical (unpaired) electrons. The van der Waals surface area contributed by atoms with Crippen LogP contribution in [-0.4, -0.2) is 0 Å². The summed E-state index contributed by atoms with van der Waals surface area (Å²) in [6.07, 6.45) is 0. The second-order valence-electron chi connectivity index (χ2n) is 9.02. The first kappa shape index (κ1) is 24.0. The first-order valence-corrected chi connectivity index (χ1v) is 12.3. The number of furan rings is 1. The molecule has 40 heavy (non-hydrogen) atoms. The molecule has 184 valence electrons. The molecule has 0 saturated carbocycles. The number of hydrogen-bond acceptors (Lipinski definition) is 3. The van der Waals surface area contributed by atoms with Gasteiger partial charge < -0.3 is 9.32 Å². The van der Waals surface area contributed by atoms with Gasteiger partial charge in [0.05, 0.1) is 31.5 Å². The van der Waals surface area contributed by atoms with Crippen molar-refractivity contribution in [3.05, 3.63) is 143 Å². The molecule has 0 saturated heterocycles. The van der Waals surface area contributed by atoms with Gasteiger partial charge >= 0.3 is 0 Å². The zero-order valence-corrected chi connectivity index (χ0v) is 21.0. The van der Waals surface area contributed by atoms with E-state index in [1.807, 2.05) is 77.7 Å². The van der Waals surface area contributed by atoms with Gasteiger partial charge in [0.1, 0.15) is 5.58 Å². The molecule has 0 amide bonds. The summed E-state index contributed by atoms with van der Waals surface area (Å²) in [7, 11) is 0. The maximum Gasteiger partial charge on any atom is 0.195 e. The molecule has 5 aromatic carbocycles. The summed E-state index contributed by atoms with van der Waals surface area (Å²) < 4.78 is 6.34. The normalized spacial score (nSPS) is 10.4. The van der Waals surface area contributed by atoms with Crippen molar-refractivity contribution in [2.24, 2.45) is 0 Å². The van der Waals surface area contributed by atoms with Gasteiger partial charge in [0.2, 0.25) is 0 Å². The summed E-state index contributed by atoms with van der Waals surface area (Å²) in [4.78, 5) is 12.5. The number of anilines is 3. The van der Waals surface area contributed by atoms with Gasteiger partial charge in [0, 0.05) is 27.7 Å². The molecule has 0 aliphatic heterocycles. The smallest absolute Gasteiger partial charge is 0.195 e. The van der Waals surface area contributed by atoms with Crippen molar-refractivity contribution >= 4 is 56.1 Å². The Kier molecular flexibility index (Phi) is 5.91. The quantitative estimate of drug-likeness (QED) is 0.221. The monoisotopic (exact) mass is 511 g/mol. The number of benzene rings is 5. The minimum absolute atomic E-state index is 0.315. The average molecular weight is 512 g/mol. The van der Waals surface area contributed by atoms with Crippen LogP contribution in [-0.2, 0) is 0 Å². The fourth-order valence-corrected chi connectivity index (χ4v) is 4.88. The summed E-state index contributed by atoms with van der Waals surface area (Å²) in [5.41, 5.74) is 6.79. The van der Waals surface area contributed by atoms with E-state index < -0.39 is 0 Å². The minimum Gasteiger partial charge on any atom is -0.454 e. The Morgan fingerprint density at radius 3 is 2.15 bits per heavy atom. The zero-order valence-electron chi connectivity index (χ0n) is 21.0. The Morgan fingerprint density at radius 1 is 0.650 bits per heavy atom. The third kappa shape index (κ3) is 4.06. The summed E-state index contributed by atoms with van der Waals surface area (Å²) >= 11 is 0. The molecule has 6 heteroatoms. The van der Waals surface area contributed by atoms with E-state index in [0.29, 0.717) is 33.9 Å². The van der Waals surface area contributed by atoms with E-state index in [1.165, 1.54) is 0 Å². The predicted molar refractivity (Wildman–Crippen MR) is 157 cm³/mol. The highest BCUT2D eigenvalue weighted by Crippen LogP contribution is 2.43. The maximum atomic E-state index is 9.69. The summed E-state index contributed by atoms with van der Waals surface area (Å²) in [5, 5.41) is 11.6. The van der Waals surface area contributed by atoms with Gasteiger partial charge in [0.15, 0.2) is 22.6 Å². The summed E-state index contributed by atoms with van der Waals surface area (Å²) in [5.74, 6) is 0. The van der Waals surface area contributed by atoms with Crippen molar-refractivity contribution < 1.29 is 4.42 Å². The molecule has 0 aliphatic rings. The first-order chi connectivity index (χ1) is 19.6. The van der Waals surface area contributed by atoms with Crippen LogP contribution in [0.2, 0.25) is 0 Å². The number of nitriles is 1. The Bertz CT molecular complexity index is 2080. The molecule has 0 bridgehead atoms. The van der Waals surface area contributed by atoms with Crippen molar-refractivity contribution in [3.63, 3.8) is 0 Å². The zero-order chi connectivity index (χ0) is 27.6. The topological polar surface area (TPSA) is 53.2 Å². The number of rotatable bonds is 4. The lowest BCUT2D eigenvalue weighted by molar-refractivity contribution is 0.669. The van der Waals surface area contributed by atoms with Crippen LogP contribution >= 0.6 is 0 Å². The fourth-order valence-electron chi connectivity index (χ4n) is 4.88. The molecular formula is C34H17N5O. The number of hydrogen-bond donors (Lipinski definition) is 0. The van der Waals surface area contributed by atoms with E-state index in [-0.39, 0.29) is 0 Å². The van der Waals surface area contributed by atoms with E-state index >= 15 is 0 Å². The van der Waals surface area contributed by atoms with Crippen molar-refractivity contribution in [2.45, 2.75) is 0 Å². The highest BCUT2D eigenvalue weighted by atomic mass is 16.3. The van der Waals surface area contributed by atoms with Gasteiger partial charge in [-0.2, -0.15) is 5.26 Å². The van der Waals surface area contributed by atoms with Gasteiger partial charge in [-0.15, -0.1) is 0 Å². The molecule has 6 nitrogen and oxygen atoms in total. The SMILES string of the molecule is [C-]#[N+]c1cc(C#N)cc(N(c2ccc(-c3ccc([N+]#[C-])c([N+]#[C-])c3)cc2)c2cccc3c2oc2ccccc23)c1. The minimum atomic E-state index is 0.315. The molecule has 0 aliphatic carbocycles. The highest BCUT2D eigenvalue weighted by molar-refractivity contribution is 6.10. The Morgan fingerprint density at radius 2 is 1.40 bits per heavy atom. The average Bonchev–Trinajstić information content (AvgIpc) is 3.40. The number of fused-ring (bicyclic) bond motifs is 3. The van der Waals surface area contributed by atoms with Gasteiger partial charge in [0.25, 0.3) is 0 Å². The Hall–Kier alpha value is -6.34. The molecule has 0 N–H and O–H groups in total. The predicted octanol–water partition coefficient (Wildman–Crippen LogP) is 10.2. The van der Waals surface area contributed by atoms with Gasteiger partial charge in [-0.3, -0.25) is 9.69 Å². The van der Waals surface area contributed by atoms with Gasteiger partial charge in [-0.05, 0) is 53.6 Å². The first-order valence-electron chi connectivity index (χ1n) is 12.3. The van der Waals surface area contributed by atoms with Crippen molar-refractivity contribution in [2.75, 3.05) is 4.90 Å². The molecule has 0 unspecified atom stereocenters. The molecule has 0 atom stereocenters. The lowest BCUT2D eigenvalue weighted by Gasteiger charge is -2.26. The number of nitrogens with zero attached hydrogens (tertiary/aromatic N) is 5. The highest BCUT2D eigenvalue weighted by Gasteiger charge is 2.20. The molecule has 6 rings (SSSR count). The maximum absolute atomic E-state index is 9.69. The van der Waals surface area contributed by atoms with E-state index in [4.69, 9.17) is 24.1 Å². The molecule has 1 heterocycles. The lowest BCUT2D eigenvalue weighted by atomic mass is 10.0. The molecule has 6 aromatic rings. The number of para-hydroxylation sites is 2.